The monoisotopic (exact) mass is 420 g/mol. The molecule has 1 atom stereocenters. The topological polar surface area (TPSA) is 84.9 Å². The highest BCUT2D eigenvalue weighted by Gasteiger charge is 2.20. The third kappa shape index (κ3) is 5.20. The highest BCUT2D eigenvalue weighted by molar-refractivity contribution is 7.92. The maximum atomic E-state index is 12.7. The molecule has 0 aliphatic carbocycles. The molecule has 1 N–H and O–H groups in total. The average molecular weight is 421 g/mol. The second kappa shape index (κ2) is 9.65. The smallest absolute Gasteiger partial charge is 0.251 e. The predicted octanol–water partition coefficient (Wildman–Crippen LogP) is 3.37. The van der Waals surface area contributed by atoms with Crippen molar-refractivity contribution in [3.05, 3.63) is 53.6 Å². The number of hydrogen-bond acceptors (Lipinski definition) is 5. The van der Waals surface area contributed by atoms with Crippen LogP contribution < -0.4 is 19.1 Å². The van der Waals surface area contributed by atoms with E-state index in [4.69, 9.17) is 9.47 Å². The Hall–Kier alpha value is -2.74. The second-order valence-electron chi connectivity index (χ2n) is 6.42. The van der Waals surface area contributed by atoms with Crippen molar-refractivity contribution in [1.82, 2.24) is 5.32 Å². The number of sulfonamides is 1. The molecule has 158 valence electrons. The number of benzene rings is 2. The molecule has 0 aromatic heterocycles. The molecule has 2 rings (SSSR count). The molecule has 0 fully saturated rings. The van der Waals surface area contributed by atoms with Crippen molar-refractivity contribution in [2.45, 2.75) is 26.8 Å². The first kappa shape index (κ1) is 22.5. The number of rotatable bonds is 9. The Kier molecular flexibility index (Phi) is 7.50. The van der Waals surface area contributed by atoms with Crippen molar-refractivity contribution < 1.29 is 22.7 Å². The van der Waals surface area contributed by atoms with Crippen molar-refractivity contribution >= 4 is 21.6 Å². The summed E-state index contributed by atoms with van der Waals surface area (Å²) in [5.74, 6) is 1.07. The highest BCUT2D eigenvalue weighted by Crippen LogP contribution is 2.29. The molecular weight excluding hydrogens is 392 g/mol. The van der Waals surface area contributed by atoms with E-state index in [-0.39, 0.29) is 17.7 Å². The average Bonchev–Trinajstić information content (AvgIpc) is 2.73. The van der Waals surface area contributed by atoms with Gasteiger partial charge in [-0.3, -0.25) is 9.10 Å². The molecular formula is C21H28N2O5S. The number of anilines is 1. The largest absolute Gasteiger partial charge is 0.497 e. The molecule has 0 heterocycles. The molecule has 0 saturated carbocycles. The van der Waals surface area contributed by atoms with Crippen LogP contribution in [0.3, 0.4) is 0 Å². The Morgan fingerprint density at radius 3 is 2.24 bits per heavy atom. The van der Waals surface area contributed by atoms with E-state index in [9.17, 15) is 13.2 Å². The third-order valence-corrected chi connectivity index (χ3v) is 6.53. The Bertz CT molecular complexity index is 942. The normalized spacial score (nSPS) is 12.2. The van der Waals surface area contributed by atoms with E-state index >= 15 is 0 Å². The maximum Gasteiger partial charge on any atom is 0.251 e. The lowest BCUT2D eigenvalue weighted by Crippen LogP contribution is -2.32. The first-order valence-electron chi connectivity index (χ1n) is 9.40. The molecule has 0 unspecified atom stereocenters. The van der Waals surface area contributed by atoms with Gasteiger partial charge in [-0.2, -0.15) is 0 Å². The zero-order chi connectivity index (χ0) is 21.6. The number of hydrogen-bond donors (Lipinski definition) is 1. The maximum absolute atomic E-state index is 12.7. The fraction of sp³-hybridized carbons (Fsp3) is 0.381. The standard InChI is InChI=1S/C21H28N2O5S/c1-6-23(29(25,26)7-2)17-10-8-16(9-11-17)21(24)22-15(3)19-14-18(27-4)12-13-20(19)28-5/h8-15H,6-7H2,1-5H3,(H,22,24)/t15-/m0/s1. The minimum absolute atomic E-state index is 0.0168. The molecule has 0 aliphatic rings. The van der Waals surface area contributed by atoms with E-state index in [0.717, 1.165) is 5.56 Å². The number of carbonyl (C=O) groups excluding carboxylic acids is 1. The van der Waals surface area contributed by atoms with Crippen LogP contribution in [0.4, 0.5) is 5.69 Å². The van der Waals surface area contributed by atoms with Gasteiger partial charge in [-0.25, -0.2) is 8.42 Å². The number of nitrogens with zero attached hydrogens (tertiary/aromatic N) is 1. The predicted molar refractivity (Wildman–Crippen MR) is 114 cm³/mol. The number of carbonyl (C=O) groups is 1. The van der Waals surface area contributed by atoms with Crippen LogP contribution in [0.5, 0.6) is 11.5 Å². The minimum Gasteiger partial charge on any atom is -0.497 e. The fourth-order valence-electron chi connectivity index (χ4n) is 3.01. The second-order valence-corrected chi connectivity index (χ2v) is 8.60. The van der Waals surface area contributed by atoms with Gasteiger partial charge in [0.15, 0.2) is 0 Å². The first-order chi connectivity index (χ1) is 13.8. The Morgan fingerprint density at radius 1 is 1.07 bits per heavy atom. The summed E-state index contributed by atoms with van der Waals surface area (Å²) in [7, 11) is -0.209. The lowest BCUT2D eigenvalue weighted by atomic mass is 10.1. The van der Waals surface area contributed by atoms with Crippen LogP contribution >= 0.6 is 0 Å². The van der Waals surface area contributed by atoms with Gasteiger partial charge in [-0.05, 0) is 63.2 Å². The number of ether oxygens (including phenoxy) is 2. The molecule has 0 aliphatic heterocycles. The SMILES string of the molecule is CCN(c1ccc(C(=O)N[C@@H](C)c2cc(OC)ccc2OC)cc1)S(=O)(=O)CC. The lowest BCUT2D eigenvalue weighted by Gasteiger charge is -2.22. The zero-order valence-corrected chi connectivity index (χ0v) is 18.2. The van der Waals surface area contributed by atoms with E-state index in [1.807, 2.05) is 13.0 Å². The highest BCUT2D eigenvalue weighted by atomic mass is 32.2. The van der Waals surface area contributed by atoms with Crippen LogP contribution in [-0.2, 0) is 10.0 Å². The van der Waals surface area contributed by atoms with Crippen molar-refractivity contribution in [2.75, 3.05) is 30.8 Å². The third-order valence-electron chi connectivity index (χ3n) is 4.66. The summed E-state index contributed by atoms with van der Waals surface area (Å²) >= 11 is 0. The van der Waals surface area contributed by atoms with Gasteiger partial charge in [0.05, 0.1) is 31.7 Å². The van der Waals surface area contributed by atoms with E-state index in [2.05, 4.69) is 5.32 Å². The van der Waals surface area contributed by atoms with Gasteiger partial charge in [0.1, 0.15) is 11.5 Å². The Labute approximate surface area is 172 Å². The Morgan fingerprint density at radius 2 is 1.72 bits per heavy atom. The molecule has 0 radical (unpaired) electrons. The van der Waals surface area contributed by atoms with Crippen LogP contribution in [0.1, 0.15) is 42.7 Å². The molecule has 1 amide bonds. The van der Waals surface area contributed by atoms with E-state index < -0.39 is 10.0 Å². The number of amides is 1. The summed E-state index contributed by atoms with van der Waals surface area (Å²) < 4.78 is 36.3. The van der Waals surface area contributed by atoms with Crippen molar-refractivity contribution in [1.29, 1.82) is 0 Å². The molecule has 0 saturated heterocycles. The van der Waals surface area contributed by atoms with Gasteiger partial charge < -0.3 is 14.8 Å². The van der Waals surface area contributed by atoms with Gasteiger partial charge in [0.2, 0.25) is 10.0 Å². The van der Waals surface area contributed by atoms with E-state index in [1.165, 1.54) is 4.31 Å². The molecule has 29 heavy (non-hydrogen) atoms. The van der Waals surface area contributed by atoms with Crippen LogP contribution in [0.15, 0.2) is 42.5 Å². The summed E-state index contributed by atoms with van der Waals surface area (Å²) in [5, 5.41) is 2.94. The van der Waals surface area contributed by atoms with Crippen molar-refractivity contribution in [3.8, 4) is 11.5 Å². The summed E-state index contributed by atoms with van der Waals surface area (Å²) in [4.78, 5) is 12.7. The summed E-state index contributed by atoms with van der Waals surface area (Å²) in [6.45, 7) is 5.57. The minimum atomic E-state index is -3.36. The first-order valence-corrected chi connectivity index (χ1v) is 11.0. The van der Waals surface area contributed by atoms with Gasteiger partial charge in [-0.1, -0.05) is 0 Å². The molecule has 2 aromatic carbocycles. The lowest BCUT2D eigenvalue weighted by molar-refractivity contribution is 0.0939. The van der Waals surface area contributed by atoms with Crippen LogP contribution in [0.25, 0.3) is 0 Å². The zero-order valence-electron chi connectivity index (χ0n) is 17.4. The number of nitrogens with one attached hydrogen (secondary N) is 1. The molecule has 2 aromatic rings. The van der Waals surface area contributed by atoms with Crippen molar-refractivity contribution in [2.24, 2.45) is 0 Å². The van der Waals surface area contributed by atoms with E-state index in [0.29, 0.717) is 29.3 Å². The molecule has 0 bridgehead atoms. The van der Waals surface area contributed by atoms with Crippen molar-refractivity contribution in [3.63, 3.8) is 0 Å². The summed E-state index contributed by atoms with van der Waals surface area (Å²) in [5.41, 5.74) is 1.77. The van der Waals surface area contributed by atoms with Crippen LogP contribution in [-0.4, -0.2) is 40.8 Å². The molecule has 8 heteroatoms. The van der Waals surface area contributed by atoms with Gasteiger partial charge in [0, 0.05) is 17.7 Å². The number of methoxy groups -OCH3 is 2. The fourth-order valence-corrected chi connectivity index (χ4v) is 4.16. The van der Waals surface area contributed by atoms with Crippen LogP contribution in [0.2, 0.25) is 0 Å². The summed E-state index contributed by atoms with van der Waals surface area (Å²) in [6.07, 6.45) is 0. The van der Waals surface area contributed by atoms with Crippen LogP contribution in [0, 0.1) is 0 Å². The van der Waals surface area contributed by atoms with Gasteiger partial charge >= 0.3 is 0 Å². The van der Waals surface area contributed by atoms with E-state index in [1.54, 1.807) is 64.5 Å². The van der Waals surface area contributed by atoms with Gasteiger partial charge in [-0.15, -0.1) is 0 Å². The Balaban J connectivity index is 2.19. The quantitative estimate of drug-likeness (QED) is 0.672. The van der Waals surface area contributed by atoms with Gasteiger partial charge in [0.25, 0.3) is 5.91 Å². The molecule has 7 nitrogen and oxygen atoms in total. The molecule has 0 spiro atoms. The summed E-state index contributed by atoms with van der Waals surface area (Å²) in [6, 6.07) is 11.6.